The van der Waals surface area contributed by atoms with Gasteiger partial charge in [0.25, 0.3) is 0 Å². The molecule has 1 aliphatic heterocycles. The molecule has 1 fully saturated rings. The van der Waals surface area contributed by atoms with Gasteiger partial charge in [-0.1, -0.05) is 6.92 Å². The van der Waals surface area contributed by atoms with Crippen molar-refractivity contribution in [2.24, 2.45) is 0 Å². The van der Waals surface area contributed by atoms with E-state index in [2.05, 4.69) is 5.32 Å². The Bertz CT molecular complexity index is 420. The molecule has 1 saturated heterocycles. The van der Waals surface area contributed by atoms with Gasteiger partial charge in [-0.15, -0.1) is 0 Å². The Balaban J connectivity index is 2.44. The van der Waals surface area contributed by atoms with Crippen LogP contribution < -0.4 is 5.32 Å². The highest BCUT2D eigenvalue weighted by Crippen LogP contribution is 2.17. The molecule has 18 heavy (non-hydrogen) atoms. The molecule has 1 aliphatic rings. The number of carboxylic acids is 1. The lowest BCUT2D eigenvalue weighted by molar-refractivity contribution is -0.141. The molecule has 0 aromatic carbocycles. The number of hydrogen-bond donors (Lipinski definition) is 2. The van der Waals surface area contributed by atoms with Crippen LogP contribution in [0.4, 0.5) is 4.79 Å². The summed E-state index contributed by atoms with van der Waals surface area (Å²) in [5, 5.41) is 11.4. The number of likely N-dealkylation sites (tertiary alicyclic amines) is 1. The van der Waals surface area contributed by atoms with Crippen molar-refractivity contribution in [3.8, 4) is 0 Å². The number of carboxylic acid groups (broad SMARTS) is 1. The van der Waals surface area contributed by atoms with Crippen molar-refractivity contribution in [1.29, 1.82) is 0 Å². The number of hydrogen-bond acceptors (Lipinski definition) is 4. The van der Waals surface area contributed by atoms with Gasteiger partial charge in [-0.2, -0.15) is 0 Å². The highest BCUT2D eigenvalue weighted by Gasteiger charge is 2.33. The second-order valence-corrected chi connectivity index (χ2v) is 6.63. The molecule has 104 valence electrons. The molecule has 0 aromatic rings. The maximum atomic E-state index is 11.7. The molecule has 0 spiro atoms. The second-order valence-electron chi connectivity index (χ2n) is 4.16. The van der Waals surface area contributed by atoms with E-state index in [4.69, 9.17) is 5.11 Å². The number of amides is 2. The van der Waals surface area contributed by atoms with E-state index in [1.165, 1.54) is 11.8 Å². The van der Waals surface area contributed by atoms with Gasteiger partial charge in [0.05, 0.1) is 5.75 Å². The van der Waals surface area contributed by atoms with Crippen LogP contribution in [-0.2, 0) is 14.6 Å². The van der Waals surface area contributed by atoms with Gasteiger partial charge in [-0.25, -0.2) is 18.0 Å². The minimum Gasteiger partial charge on any atom is -0.480 e. The van der Waals surface area contributed by atoms with Gasteiger partial charge in [-0.3, -0.25) is 0 Å². The Kier molecular flexibility index (Phi) is 4.94. The predicted molar refractivity (Wildman–Crippen MR) is 65.1 cm³/mol. The van der Waals surface area contributed by atoms with Crippen LogP contribution in [0, 0.1) is 0 Å². The quantitative estimate of drug-likeness (QED) is 0.717. The molecule has 0 saturated carbocycles. The standard InChI is InChI=1S/C10H18N2O5S/c1-2-18(16,17)7-5-11-10(15)12-6-3-4-8(12)9(13)14/h8H,2-7H2,1H3,(H,11,15)(H,13,14). The third-order valence-corrected chi connectivity index (χ3v) is 4.63. The fourth-order valence-corrected chi connectivity index (χ4v) is 2.53. The minimum atomic E-state index is -3.12. The van der Waals surface area contributed by atoms with Gasteiger partial charge in [0.1, 0.15) is 6.04 Å². The van der Waals surface area contributed by atoms with Crippen molar-refractivity contribution in [3.05, 3.63) is 0 Å². The zero-order valence-electron chi connectivity index (χ0n) is 10.3. The van der Waals surface area contributed by atoms with Crippen molar-refractivity contribution in [3.63, 3.8) is 0 Å². The van der Waals surface area contributed by atoms with Gasteiger partial charge < -0.3 is 15.3 Å². The van der Waals surface area contributed by atoms with Crippen LogP contribution in [0.3, 0.4) is 0 Å². The van der Waals surface area contributed by atoms with Crippen LogP contribution in [0.5, 0.6) is 0 Å². The van der Waals surface area contributed by atoms with E-state index in [0.29, 0.717) is 19.4 Å². The summed E-state index contributed by atoms with van der Waals surface area (Å²) in [5.74, 6) is -1.12. The fourth-order valence-electron chi connectivity index (χ4n) is 1.83. The number of urea groups is 1. The average molecular weight is 278 g/mol. The monoisotopic (exact) mass is 278 g/mol. The first-order valence-corrected chi connectivity index (χ1v) is 7.67. The van der Waals surface area contributed by atoms with Crippen LogP contribution in [0.2, 0.25) is 0 Å². The SMILES string of the molecule is CCS(=O)(=O)CCNC(=O)N1CCCC1C(=O)O. The molecule has 1 atom stereocenters. The van der Waals surface area contributed by atoms with E-state index in [9.17, 15) is 18.0 Å². The Labute approximate surface area is 106 Å². The molecular weight excluding hydrogens is 260 g/mol. The largest absolute Gasteiger partial charge is 0.480 e. The zero-order valence-corrected chi connectivity index (χ0v) is 11.1. The van der Waals surface area contributed by atoms with E-state index in [-0.39, 0.29) is 18.1 Å². The molecule has 0 aliphatic carbocycles. The average Bonchev–Trinajstić information content (AvgIpc) is 2.77. The van der Waals surface area contributed by atoms with Crippen LogP contribution >= 0.6 is 0 Å². The number of nitrogens with one attached hydrogen (secondary N) is 1. The first kappa shape index (κ1) is 14.7. The van der Waals surface area contributed by atoms with Crippen molar-refractivity contribution in [1.82, 2.24) is 10.2 Å². The summed E-state index contributed by atoms with van der Waals surface area (Å²) < 4.78 is 22.4. The molecular formula is C10H18N2O5S. The molecule has 0 aromatic heterocycles. The van der Waals surface area contributed by atoms with E-state index in [1.54, 1.807) is 0 Å². The number of nitrogens with zero attached hydrogens (tertiary/aromatic N) is 1. The van der Waals surface area contributed by atoms with Crippen molar-refractivity contribution >= 4 is 21.8 Å². The topological polar surface area (TPSA) is 104 Å². The van der Waals surface area contributed by atoms with E-state index in [0.717, 1.165) is 0 Å². The van der Waals surface area contributed by atoms with Crippen LogP contribution in [0.25, 0.3) is 0 Å². The molecule has 7 nitrogen and oxygen atoms in total. The Morgan fingerprint density at radius 1 is 1.44 bits per heavy atom. The Morgan fingerprint density at radius 2 is 2.11 bits per heavy atom. The van der Waals surface area contributed by atoms with Gasteiger partial charge in [0, 0.05) is 18.8 Å². The minimum absolute atomic E-state index is 0.0118. The van der Waals surface area contributed by atoms with E-state index >= 15 is 0 Å². The third kappa shape index (κ3) is 3.86. The van der Waals surface area contributed by atoms with Gasteiger partial charge in [-0.05, 0) is 12.8 Å². The first-order valence-electron chi connectivity index (χ1n) is 5.85. The van der Waals surface area contributed by atoms with E-state index < -0.39 is 27.9 Å². The molecule has 1 heterocycles. The molecule has 0 radical (unpaired) electrons. The van der Waals surface area contributed by atoms with Gasteiger partial charge in [0.15, 0.2) is 9.84 Å². The Hall–Kier alpha value is -1.31. The first-order chi connectivity index (χ1) is 8.37. The van der Waals surface area contributed by atoms with Crippen LogP contribution in [0.1, 0.15) is 19.8 Å². The predicted octanol–water partition coefficient (Wildman–Crippen LogP) is -0.320. The normalized spacial score (nSPS) is 19.8. The smallest absolute Gasteiger partial charge is 0.326 e. The molecule has 8 heteroatoms. The molecule has 2 N–H and O–H groups in total. The van der Waals surface area contributed by atoms with Crippen LogP contribution in [0.15, 0.2) is 0 Å². The Morgan fingerprint density at radius 3 is 2.67 bits per heavy atom. The highest BCUT2D eigenvalue weighted by atomic mass is 32.2. The number of aliphatic carboxylic acids is 1. The highest BCUT2D eigenvalue weighted by molar-refractivity contribution is 7.91. The van der Waals surface area contributed by atoms with Crippen molar-refractivity contribution in [2.45, 2.75) is 25.8 Å². The fraction of sp³-hybridized carbons (Fsp3) is 0.800. The van der Waals surface area contributed by atoms with Gasteiger partial charge in [0.2, 0.25) is 0 Å². The summed E-state index contributed by atoms with van der Waals surface area (Å²) in [6.07, 6.45) is 1.09. The number of sulfone groups is 1. The number of carbonyl (C=O) groups is 2. The number of carbonyl (C=O) groups excluding carboxylic acids is 1. The maximum absolute atomic E-state index is 11.7. The summed E-state index contributed by atoms with van der Waals surface area (Å²) in [5.41, 5.74) is 0. The molecule has 2 amide bonds. The lowest BCUT2D eigenvalue weighted by Gasteiger charge is -2.21. The van der Waals surface area contributed by atoms with Crippen LogP contribution in [-0.4, -0.2) is 61.1 Å². The summed E-state index contributed by atoms with van der Waals surface area (Å²) in [6.45, 7) is 1.94. The maximum Gasteiger partial charge on any atom is 0.326 e. The van der Waals surface area contributed by atoms with Gasteiger partial charge >= 0.3 is 12.0 Å². The lowest BCUT2D eigenvalue weighted by Crippen LogP contribution is -2.47. The zero-order chi connectivity index (χ0) is 13.8. The molecule has 1 rings (SSSR count). The summed E-state index contributed by atoms with van der Waals surface area (Å²) in [6, 6.07) is -1.31. The summed E-state index contributed by atoms with van der Waals surface area (Å²) in [4.78, 5) is 23.8. The lowest BCUT2D eigenvalue weighted by atomic mass is 10.2. The number of rotatable bonds is 5. The molecule has 0 bridgehead atoms. The summed E-state index contributed by atoms with van der Waals surface area (Å²) in [7, 11) is -3.12. The third-order valence-electron chi connectivity index (χ3n) is 2.93. The summed E-state index contributed by atoms with van der Waals surface area (Å²) >= 11 is 0. The molecule has 1 unspecified atom stereocenters. The van der Waals surface area contributed by atoms with E-state index in [1.807, 2.05) is 0 Å². The second kappa shape index (κ2) is 6.03. The van der Waals surface area contributed by atoms with Crippen molar-refractivity contribution < 1.29 is 23.1 Å². The van der Waals surface area contributed by atoms with Crippen molar-refractivity contribution in [2.75, 3.05) is 24.6 Å².